The fourth-order valence-electron chi connectivity index (χ4n) is 3.66. The highest BCUT2D eigenvalue weighted by molar-refractivity contribution is 5.75. The molecule has 4 aromatic carbocycles. The van der Waals surface area contributed by atoms with Gasteiger partial charge in [0.2, 0.25) is 0 Å². The predicted molar refractivity (Wildman–Crippen MR) is 127 cm³/mol. The van der Waals surface area contributed by atoms with Crippen LogP contribution in [0.4, 0.5) is 26.3 Å². The Kier molecular flexibility index (Phi) is 6.92. The van der Waals surface area contributed by atoms with Crippen LogP contribution in [-0.4, -0.2) is 0 Å². The third-order valence-electron chi connectivity index (χ3n) is 5.48. The Bertz CT molecular complexity index is 1410. The Labute approximate surface area is 198 Å². The Morgan fingerprint density at radius 2 is 1.06 bits per heavy atom. The monoisotopic (exact) mass is 480 g/mol. The largest absolute Gasteiger partial charge is 0.206 e. The van der Waals surface area contributed by atoms with Gasteiger partial charge in [-0.3, -0.25) is 0 Å². The number of halogens is 6. The molecule has 0 atom stereocenters. The quantitative estimate of drug-likeness (QED) is 0.152. The van der Waals surface area contributed by atoms with Crippen molar-refractivity contribution in [1.82, 2.24) is 0 Å². The van der Waals surface area contributed by atoms with Crippen LogP contribution in [0.15, 0.2) is 96.8 Å². The minimum Gasteiger partial charge on any atom is -0.206 e. The summed E-state index contributed by atoms with van der Waals surface area (Å²) in [4.78, 5) is 0. The second-order valence-electron chi connectivity index (χ2n) is 7.77. The predicted octanol–water partition coefficient (Wildman–Crippen LogP) is 9.43. The first-order chi connectivity index (χ1) is 16.8. The van der Waals surface area contributed by atoms with Crippen molar-refractivity contribution < 1.29 is 26.3 Å². The first-order valence-electron chi connectivity index (χ1n) is 10.6. The molecule has 4 rings (SSSR count). The molecule has 0 aromatic heterocycles. The average molecular weight is 480 g/mol. The summed E-state index contributed by atoms with van der Waals surface area (Å²) < 4.78 is 82.9. The van der Waals surface area contributed by atoms with E-state index in [2.05, 4.69) is 0 Å². The van der Waals surface area contributed by atoms with E-state index >= 15 is 0 Å². The highest BCUT2D eigenvalue weighted by atomic mass is 19.2. The van der Waals surface area contributed by atoms with Gasteiger partial charge in [0.1, 0.15) is 5.82 Å². The second kappa shape index (κ2) is 10.1. The normalized spacial score (nSPS) is 12.2. The van der Waals surface area contributed by atoms with E-state index in [9.17, 15) is 26.3 Å². The number of hydrogen-bond acceptors (Lipinski definition) is 0. The zero-order valence-electron chi connectivity index (χ0n) is 18.4. The number of hydrogen-bond donors (Lipinski definition) is 0. The standard InChI is InChI=1S/C29H18F6/c1-2-3-24(30)28(34)20-10-6-17(7-11-20)21-12-13-23(25(31)14-21)19-8-4-18(5-9-19)22-15-26(32)29(35)27(33)16-22/h2-16H,1H3. The van der Waals surface area contributed by atoms with E-state index in [-0.39, 0.29) is 11.1 Å². The van der Waals surface area contributed by atoms with Crippen molar-refractivity contribution in [2.24, 2.45) is 0 Å². The topological polar surface area (TPSA) is 0 Å². The summed E-state index contributed by atoms with van der Waals surface area (Å²) in [7, 11) is 0. The van der Waals surface area contributed by atoms with E-state index in [0.717, 1.165) is 18.2 Å². The van der Waals surface area contributed by atoms with Crippen molar-refractivity contribution in [3.8, 4) is 33.4 Å². The van der Waals surface area contributed by atoms with Gasteiger partial charge >= 0.3 is 0 Å². The molecule has 35 heavy (non-hydrogen) atoms. The third kappa shape index (κ3) is 5.06. The Hall–Kier alpha value is -4.06. The van der Waals surface area contributed by atoms with Crippen LogP contribution in [0.3, 0.4) is 0 Å². The van der Waals surface area contributed by atoms with Crippen molar-refractivity contribution in [2.45, 2.75) is 6.92 Å². The van der Waals surface area contributed by atoms with Gasteiger partial charge in [-0.1, -0.05) is 66.7 Å². The molecule has 176 valence electrons. The lowest BCUT2D eigenvalue weighted by atomic mass is 9.97. The smallest absolute Gasteiger partial charge is 0.194 e. The molecular weight excluding hydrogens is 462 g/mol. The number of benzene rings is 4. The van der Waals surface area contributed by atoms with Crippen molar-refractivity contribution in [3.05, 3.63) is 126 Å². The summed E-state index contributed by atoms with van der Waals surface area (Å²) in [5.41, 5.74) is 2.67. The fourth-order valence-corrected chi connectivity index (χ4v) is 3.66. The van der Waals surface area contributed by atoms with E-state index in [4.69, 9.17) is 0 Å². The van der Waals surface area contributed by atoms with Gasteiger partial charge in [0.05, 0.1) is 0 Å². The van der Waals surface area contributed by atoms with Crippen LogP contribution >= 0.6 is 0 Å². The first kappa shape index (κ1) is 24.1. The van der Waals surface area contributed by atoms with Gasteiger partial charge in [-0.25, -0.2) is 26.3 Å². The van der Waals surface area contributed by atoms with Gasteiger partial charge in [-0.2, -0.15) is 0 Å². The molecule has 0 nitrogen and oxygen atoms in total. The van der Waals surface area contributed by atoms with Crippen molar-refractivity contribution in [2.75, 3.05) is 0 Å². The lowest BCUT2D eigenvalue weighted by molar-refractivity contribution is 0.448. The van der Waals surface area contributed by atoms with Crippen LogP contribution < -0.4 is 0 Å². The molecule has 0 radical (unpaired) electrons. The minimum absolute atomic E-state index is 0.0717. The van der Waals surface area contributed by atoms with Crippen molar-refractivity contribution >= 4 is 5.83 Å². The van der Waals surface area contributed by atoms with E-state index in [1.807, 2.05) is 0 Å². The second-order valence-corrected chi connectivity index (χ2v) is 7.77. The Morgan fingerprint density at radius 1 is 0.571 bits per heavy atom. The molecule has 0 saturated heterocycles. The molecule has 0 aliphatic carbocycles. The van der Waals surface area contributed by atoms with Crippen LogP contribution in [0.25, 0.3) is 39.2 Å². The summed E-state index contributed by atoms with van der Waals surface area (Å²) in [6, 6.07) is 18.7. The molecule has 0 bridgehead atoms. The van der Waals surface area contributed by atoms with Gasteiger partial charge in [-0.15, -0.1) is 0 Å². The third-order valence-corrected chi connectivity index (χ3v) is 5.48. The van der Waals surface area contributed by atoms with Gasteiger partial charge in [-0.05, 0) is 59.0 Å². The zero-order chi connectivity index (χ0) is 25.1. The summed E-state index contributed by atoms with van der Waals surface area (Å²) in [5, 5.41) is 0. The average Bonchev–Trinajstić information content (AvgIpc) is 2.87. The molecule has 4 aromatic rings. The van der Waals surface area contributed by atoms with E-state index in [1.165, 1.54) is 24.3 Å². The van der Waals surface area contributed by atoms with Crippen LogP contribution in [0.1, 0.15) is 12.5 Å². The van der Waals surface area contributed by atoms with Crippen LogP contribution in [0.2, 0.25) is 0 Å². The molecule has 6 heteroatoms. The van der Waals surface area contributed by atoms with Crippen molar-refractivity contribution in [3.63, 3.8) is 0 Å². The van der Waals surface area contributed by atoms with Gasteiger partial charge in [0.15, 0.2) is 29.1 Å². The summed E-state index contributed by atoms with van der Waals surface area (Å²) >= 11 is 0. The van der Waals surface area contributed by atoms with Crippen LogP contribution in [0.5, 0.6) is 0 Å². The number of rotatable bonds is 5. The fraction of sp³-hybridized carbons (Fsp3) is 0.0345. The first-order valence-corrected chi connectivity index (χ1v) is 10.6. The maximum absolute atomic E-state index is 14.9. The van der Waals surface area contributed by atoms with Crippen LogP contribution in [0, 0.1) is 23.3 Å². The zero-order valence-corrected chi connectivity index (χ0v) is 18.4. The molecule has 0 aliphatic heterocycles. The molecule has 0 amide bonds. The summed E-state index contributed by atoms with van der Waals surface area (Å²) in [6.07, 6.45) is 2.42. The maximum Gasteiger partial charge on any atom is 0.194 e. The van der Waals surface area contributed by atoms with Gasteiger partial charge in [0, 0.05) is 11.1 Å². The number of allylic oxidation sites excluding steroid dienone is 3. The van der Waals surface area contributed by atoms with Crippen molar-refractivity contribution in [1.29, 1.82) is 0 Å². The highest BCUT2D eigenvalue weighted by Gasteiger charge is 2.13. The van der Waals surface area contributed by atoms with E-state index in [0.29, 0.717) is 27.8 Å². The van der Waals surface area contributed by atoms with Gasteiger partial charge in [0.25, 0.3) is 0 Å². The van der Waals surface area contributed by atoms with E-state index in [1.54, 1.807) is 55.5 Å². The summed E-state index contributed by atoms with van der Waals surface area (Å²) in [5.74, 6) is -6.59. The van der Waals surface area contributed by atoms with Gasteiger partial charge < -0.3 is 0 Å². The molecule has 0 N–H and O–H groups in total. The van der Waals surface area contributed by atoms with Crippen LogP contribution in [-0.2, 0) is 0 Å². The molecule has 0 spiro atoms. The molecule has 0 aliphatic rings. The lowest BCUT2D eigenvalue weighted by Gasteiger charge is -2.09. The van der Waals surface area contributed by atoms with E-state index < -0.39 is 34.9 Å². The minimum atomic E-state index is -1.54. The molecular formula is C29H18F6. The maximum atomic E-state index is 14.9. The summed E-state index contributed by atoms with van der Waals surface area (Å²) in [6.45, 7) is 1.58. The highest BCUT2D eigenvalue weighted by Crippen LogP contribution is 2.32. The Morgan fingerprint density at radius 3 is 1.63 bits per heavy atom. The lowest BCUT2D eigenvalue weighted by Crippen LogP contribution is -1.92. The Balaban J connectivity index is 1.58. The molecule has 0 heterocycles. The SMILES string of the molecule is CC=CC(F)=C(F)c1ccc(-c2ccc(-c3ccc(-c4cc(F)c(F)c(F)c4)cc3)c(F)c2)cc1. The molecule has 0 fully saturated rings. The molecule has 0 unspecified atom stereocenters. The molecule has 0 saturated carbocycles.